The lowest BCUT2D eigenvalue weighted by atomic mass is 9.97. The molecule has 0 spiro atoms. The molecular formula is C9H13N3O. The highest BCUT2D eigenvalue weighted by atomic mass is 16.1. The van der Waals surface area contributed by atoms with Crippen LogP contribution in [0.5, 0.6) is 0 Å². The third-order valence-electron chi connectivity index (χ3n) is 2.55. The molecule has 1 aromatic heterocycles. The van der Waals surface area contributed by atoms with Crippen LogP contribution in [0.25, 0.3) is 0 Å². The predicted molar refractivity (Wildman–Crippen MR) is 47.5 cm³/mol. The van der Waals surface area contributed by atoms with Crippen LogP contribution in [0.1, 0.15) is 36.5 Å². The number of fused-ring (bicyclic) bond motifs is 1. The Morgan fingerprint density at radius 2 is 2.38 bits per heavy atom. The van der Waals surface area contributed by atoms with Gasteiger partial charge in [-0.3, -0.25) is 4.79 Å². The number of carbonyl (C=O) groups is 1. The van der Waals surface area contributed by atoms with Crippen LogP contribution in [0.3, 0.4) is 0 Å². The number of aryl methyl sites for hydroxylation is 1. The number of aromatic nitrogens is 3. The molecule has 4 nitrogen and oxygen atoms in total. The van der Waals surface area contributed by atoms with Crippen molar-refractivity contribution in [2.75, 3.05) is 0 Å². The molecule has 0 fully saturated rings. The Bertz CT molecular complexity index is 343. The first-order valence-electron chi connectivity index (χ1n) is 4.61. The lowest BCUT2D eigenvalue weighted by Gasteiger charge is -2.18. The summed E-state index contributed by atoms with van der Waals surface area (Å²) in [6.45, 7) is 4.64. The molecule has 2 heterocycles. The third-order valence-corrected chi connectivity index (χ3v) is 2.55. The van der Waals surface area contributed by atoms with Gasteiger partial charge in [0.15, 0.2) is 11.5 Å². The average molecular weight is 179 g/mol. The zero-order valence-corrected chi connectivity index (χ0v) is 7.95. The highest BCUT2D eigenvalue weighted by Crippen LogP contribution is 2.20. The van der Waals surface area contributed by atoms with Crippen LogP contribution in [0.2, 0.25) is 0 Å². The molecule has 0 bridgehead atoms. The van der Waals surface area contributed by atoms with Crippen LogP contribution in [-0.4, -0.2) is 20.8 Å². The van der Waals surface area contributed by atoms with Crippen LogP contribution in [0.4, 0.5) is 0 Å². The Hall–Kier alpha value is -1.19. The molecular weight excluding hydrogens is 166 g/mol. The van der Waals surface area contributed by atoms with Gasteiger partial charge in [-0.2, -0.15) is 0 Å². The van der Waals surface area contributed by atoms with Gasteiger partial charge >= 0.3 is 0 Å². The van der Waals surface area contributed by atoms with E-state index in [1.807, 2.05) is 4.68 Å². The van der Waals surface area contributed by atoms with Crippen molar-refractivity contribution in [2.24, 2.45) is 5.92 Å². The van der Waals surface area contributed by atoms with Crippen LogP contribution >= 0.6 is 0 Å². The van der Waals surface area contributed by atoms with Crippen molar-refractivity contribution in [3.63, 3.8) is 0 Å². The molecule has 1 aromatic rings. The van der Waals surface area contributed by atoms with Gasteiger partial charge in [-0.05, 0) is 18.8 Å². The van der Waals surface area contributed by atoms with Crippen molar-refractivity contribution in [2.45, 2.75) is 33.2 Å². The Morgan fingerprint density at radius 3 is 3.08 bits per heavy atom. The van der Waals surface area contributed by atoms with Crippen molar-refractivity contribution in [3.05, 3.63) is 11.4 Å². The molecule has 0 N–H and O–H groups in total. The number of carbonyl (C=O) groups excluding carboxylic acids is 1. The quantitative estimate of drug-likeness (QED) is 0.606. The van der Waals surface area contributed by atoms with Gasteiger partial charge in [0.25, 0.3) is 0 Å². The number of hydrogen-bond donors (Lipinski definition) is 0. The highest BCUT2D eigenvalue weighted by Gasteiger charge is 2.22. The summed E-state index contributed by atoms with van der Waals surface area (Å²) in [5, 5.41) is 7.85. The minimum atomic E-state index is 0.0235. The topological polar surface area (TPSA) is 47.8 Å². The zero-order chi connectivity index (χ0) is 9.42. The van der Waals surface area contributed by atoms with E-state index in [1.165, 1.54) is 0 Å². The van der Waals surface area contributed by atoms with Gasteiger partial charge in [-0.1, -0.05) is 12.1 Å². The molecule has 4 heteroatoms. The molecule has 1 atom stereocenters. The zero-order valence-electron chi connectivity index (χ0n) is 7.95. The minimum Gasteiger partial charge on any atom is -0.293 e. The SMILES string of the molecule is CC(=O)c1nnn2c1CC(C)CC2. The van der Waals surface area contributed by atoms with E-state index in [4.69, 9.17) is 0 Å². The number of nitrogens with zero attached hydrogens (tertiary/aromatic N) is 3. The average Bonchev–Trinajstić information content (AvgIpc) is 2.46. The van der Waals surface area contributed by atoms with Crippen molar-refractivity contribution in [3.8, 4) is 0 Å². The molecule has 0 amide bonds. The Kier molecular flexibility index (Phi) is 1.90. The molecule has 1 aliphatic heterocycles. The first kappa shape index (κ1) is 8.41. The van der Waals surface area contributed by atoms with E-state index in [0.29, 0.717) is 11.6 Å². The van der Waals surface area contributed by atoms with Crippen molar-refractivity contribution < 1.29 is 4.79 Å². The summed E-state index contributed by atoms with van der Waals surface area (Å²) >= 11 is 0. The summed E-state index contributed by atoms with van der Waals surface area (Å²) in [6.07, 6.45) is 2.07. The molecule has 70 valence electrons. The van der Waals surface area contributed by atoms with E-state index in [2.05, 4.69) is 17.2 Å². The third kappa shape index (κ3) is 1.36. The van der Waals surface area contributed by atoms with E-state index in [-0.39, 0.29) is 5.78 Å². The molecule has 2 rings (SSSR count). The summed E-state index contributed by atoms with van der Waals surface area (Å²) in [6, 6.07) is 0. The largest absolute Gasteiger partial charge is 0.293 e. The first-order chi connectivity index (χ1) is 6.18. The maximum Gasteiger partial charge on any atom is 0.181 e. The first-order valence-corrected chi connectivity index (χ1v) is 4.61. The highest BCUT2D eigenvalue weighted by molar-refractivity contribution is 5.93. The number of ketones is 1. The van der Waals surface area contributed by atoms with Crippen LogP contribution in [-0.2, 0) is 13.0 Å². The van der Waals surface area contributed by atoms with Gasteiger partial charge in [0.2, 0.25) is 0 Å². The van der Waals surface area contributed by atoms with E-state index in [1.54, 1.807) is 6.92 Å². The Balaban J connectivity index is 2.41. The van der Waals surface area contributed by atoms with E-state index >= 15 is 0 Å². The lowest BCUT2D eigenvalue weighted by molar-refractivity contribution is 0.101. The van der Waals surface area contributed by atoms with Crippen LogP contribution in [0.15, 0.2) is 0 Å². The molecule has 0 radical (unpaired) electrons. The van der Waals surface area contributed by atoms with Gasteiger partial charge < -0.3 is 0 Å². The molecule has 1 aliphatic rings. The second-order valence-corrected chi connectivity index (χ2v) is 3.76. The summed E-state index contributed by atoms with van der Waals surface area (Å²) in [4.78, 5) is 11.2. The smallest absolute Gasteiger partial charge is 0.181 e. The number of hydrogen-bond acceptors (Lipinski definition) is 3. The van der Waals surface area contributed by atoms with Crippen LogP contribution < -0.4 is 0 Å². The Morgan fingerprint density at radius 1 is 1.62 bits per heavy atom. The predicted octanol–water partition coefficient (Wildman–Crippen LogP) is 1.06. The molecule has 0 aromatic carbocycles. The van der Waals surface area contributed by atoms with Gasteiger partial charge in [-0.15, -0.1) is 5.10 Å². The molecule has 0 saturated carbocycles. The van der Waals surface area contributed by atoms with Crippen LogP contribution in [0, 0.1) is 5.92 Å². The van der Waals surface area contributed by atoms with Crippen molar-refractivity contribution in [1.82, 2.24) is 15.0 Å². The molecule has 0 saturated heterocycles. The molecule has 13 heavy (non-hydrogen) atoms. The molecule has 0 aliphatic carbocycles. The van der Waals surface area contributed by atoms with Gasteiger partial charge in [-0.25, -0.2) is 4.68 Å². The number of Topliss-reactive ketones (excluding diaryl/α,β-unsaturated/α-hetero) is 1. The van der Waals surface area contributed by atoms with E-state index < -0.39 is 0 Å². The minimum absolute atomic E-state index is 0.0235. The van der Waals surface area contributed by atoms with Gasteiger partial charge in [0.1, 0.15) is 0 Å². The maximum atomic E-state index is 11.2. The maximum absolute atomic E-state index is 11.2. The fourth-order valence-corrected chi connectivity index (χ4v) is 1.76. The van der Waals surface area contributed by atoms with E-state index in [9.17, 15) is 4.79 Å². The van der Waals surface area contributed by atoms with Crippen molar-refractivity contribution >= 4 is 5.78 Å². The van der Waals surface area contributed by atoms with Gasteiger partial charge in [0, 0.05) is 13.5 Å². The monoisotopic (exact) mass is 179 g/mol. The van der Waals surface area contributed by atoms with Gasteiger partial charge in [0.05, 0.1) is 5.69 Å². The summed E-state index contributed by atoms with van der Waals surface area (Å²) < 4.78 is 1.86. The van der Waals surface area contributed by atoms with E-state index in [0.717, 1.165) is 25.1 Å². The second-order valence-electron chi connectivity index (χ2n) is 3.76. The Labute approximate surface area is 76.9 Å². The summed E-state index contributed by atoms with van der Waals surface area (Å²) in [7, 11) is 0. The standard InChI is InChI=1S/C9H13N3O/c1-6-3-4-12-8(5-6)9(7(2)13)10-11-12/h6H,3-5H2,1-2H3. The lowest BCUT2D eigenvalue weighted by Crippen LogP contribution is -2.19. The fourth-order valence-electron chi connectivity index (χ4n) is 1.76. The van der Waals surface area contributed by atoms with Crippen molar-refractivity contribution in [1.29, 1.82) is 0 Å². The second kappa shape index (κ2) is 2.94. The summed E-state index contributed by atoms with van der Waals surface area (Å²) in [5.41, 5.74) is 1.58. The summed E-state index contributed by atoms with van der Waals surface area (Å²) in [5.74, 6) is 0.666. The number of rotatable bonds is 1. The normalized spacial score (nSPS) is 21.2. The molecule has 1 unspecified atom stereocenters. The fraction of sp³-hybridized carbons (Fsp3) is 0.667.